The van der Waals surface area contributed by atoms with Crippen LogP contribution in [0.3, 0.4) is 0 Å². The molecule has 1 aromatic carbocycles. The van der Waals surface area contributed by atoms with Crippen molar-refractivity contribution in [1.29, 1.82) is 0 Å². The van der Waals surface area contributed by atoms with Crippen LogP contribution in [0.5, 0.6) is 0 Å². The Labute approximate surface area is 105 Å². The summed E-state index contributed by atoms with van der Waals surface area (Å²) in [6, 6.07) is 7.72. The lowest BCUT2D eigenvalue weighted by Crippen LogP contribution is -2.12. The van der Waals surface area contributed by atoms with Crippen LogP contribution < -0.4 is 5.73 Å². The SMILES string of the molecule is CCOC(=O)c1c(N)ncn1-c1ccc(C)cc1. The van der Waals surface area contributed by atoms with Gasteiger partial charge >= 0.3 is 5.97 Å². The number of nitrogens with two attached hydrogens (primary N) is 1. The molecule has 0 aliphatic rings. The minimum absolute atomic E-state index is 0.175. The maximum Gasteiger partial charge on any atom is 0.359 e. The van der Waals surface area contributed by atoms with E-state index in [1.54, 1.807) is 11.5 Å². The highest BCUT2D eigenvalue weighted by atomic mass is 16.5. The number of carbonyl (C=O) groups is 1. The molecule has 0 spiro atoms. The number of ether oxygens (including phenoxy) is 1. The molecule has 2 rings (SSSR count). The Morgan fingerprint density at radius 3 is 2.67 bits per heavy atom. The van der Waals surface area contributed by atoms with Gasteiger partial charge in [0.2, 0.25) is 0 Å². The zero-order chi connectivity index (χ0) is 13.1. The Morgan fingerprint density at radius 1 is 1.39 bits per heavy atom. The van der Waals surface area contributed by atoms with Gasteiger partial charge in [0.15, 0.2) is 11.5 Å². The largest absolute Gasteiger partial charge is 0.461 e. The number of aromatic nitrogens is 2. The van der Waals surface area contributed by atoms with Crippen LogP contribution in [0.2, 0.25) is 0 Å². The third-order valence-electron chi connectivity index (χ3n) is 2.58. The number of hydrogen-bond donors (Lipinski definition) is 1. The smallest absolute Gasteiger partial charge is 0.359 e. The Morgan fingerprint density at radius 2 is 2.06 bits per heavy atom. The summed E-state index contributed by atoms with van der Waals surface area (Å²) in [6.07, 6.45) is 1.52. The molecular formula is C13H15N3O2. The highest BCUT2D eigenvalue weighted by molar-refractivity contribution is 5.93. The highest BCUT2D eigenvalue weighted by Gasteiger charge is 2.18. The van der Waals surface area contributed by atoms with Crippen LogP contribution >= 0.6 is 0 Å². The molecule has 0 aliphatic carbocycles. The third-order valence-corrected chi connectivity index (χ3v) is 2.58. The normalized spacial score (nSPS) is 10.3. The molecule has 0 aliphatic heterocycles. The molecule has 0 fully saturated rings. The number of nitrogen functional groups attached to an aromatic ring is 1. The lowest BCUT2D eigenvalue weighted by Gasteiger charge is -2.08. The van der Waals surface area contributed by atoms with Gasteiger partial charge in [-0.05, 0) is 26.0 Å². The molecule has 5 heteroatoms. The number of anilines is 1. The maximum absolute atomic E-state index is 11.8. The lowest BCUT2D eigenvalue weighted by atomic mass is 10.2. The van der Waals surface area contributed by atoms with E-state index < -0.39 is 5.97 Å². The molecule has 0 saturated heterocycles. The Kier molecular flexibility index (Phi) is 3.32. The molecular weight excluding hydrogens is 230 g/mol. The molecule has 0 radical (unpaired) electrons. The maximum atomic E-state index is 11.8. The second-order valence-electron chi connectivity index (χ2n) is 3.90. The number of esters is 1. The number of benzene rings is 1. The summed E-state index contributed by atoms with van der Waals surface area (Å²) in [5, 5.41) is 0. The monoisotopic (exact) mass is 245 g/mol. The van der Waals surface area contributed by atoms with Crippen LogP contribution in [-0.4, -0.2) is 22.1 Å². The first kappa shape index (κ1) is 12.2. The second kappa shape index (κ2) is 4.91. The van der Waals surface area contributed by atoms with Crippen molar-refractivity contribution in [3.63, 3.8) is 0 Å². The van der Waals surface area contributed by atoms with E-state index in [1.165, 1.54) is 6.33 Å². The fourth-order valence-corrected chi connectivity index (χ4v) is 1.67. The molecule has 2 N–H and O–H groups in total. The van der Waals surface area contributed by atoms with Crippen LogP contribution in [0.1, 0.15) is 23.0 Å². The zero-order valence-electron chi connectivity index (χ0n) is 10.4. The van der Waals surface area contributed by atoms with E-state index >= 15 is 0 Å². The summed E-state index contributed by atoms with van der Waals surface area (Å²) < 4.78 is 6.60. The summed E-state index contributed by atoms with van der Waals surface area (Å²) in [7, 11) is 0. The first-order valence-corrected chi connectivity index (χ1v) is 5.70. The molecule has 1 heterocycles. The van der Waals surface area contributed by atoms with Gasteiger partial charge in [-0.3, -0.25) is 4.57 Å². The fourth-order valence-electron chi connectivity index (χ4n) is 1.67. The van der Waals surface area contributed by atoms with Gasteiger partial charge < -0.3 is 10.5 Å². The van der Waals surface area contributed by atoms with Crippen molar-refractivity contribution >= 4 is 11.8 Å². The summed E-state index contributed by atoms with van der Waals surface area (Å²) in [6.45, 7) is 4.05. The van der Waals surface area contributed by atoms with Crippen molar-refractivity contribution in [3.05, 3.63) is 41.9 Å². The van der Waals surface area contributed by atoms with Gasteiger partial charge in [-0.25, -0.2) is 9.78 Å². The molecule has 0 saturated carbocycles. The quantitative estimate of drug-likeness (QED) is 0.839. The Bertz CT molecular complexity index is 558. The van der Waals surface area contributed by atoms with Crippen LogP contribution in [0.4, 0.5) is 5.82 Å². The number of nitrogens with zero attached hydrogens (tertiary/aromatic N) is 2. The van der Waals surface area contributed by atoms with E-state index in [1.807, 2.05) is 31.2 Å². The van der Waals surface area contributed by atoms with Crippen LogP contribution in [0.15, 0.2) is 30.6 Å². The van der Waals surface area contributed by atoms with Gasteiger partial charge in [0.25, 0.3) is 0 Å². The van der Waals surface area contributed by atoms with Crippen molar-refractivity contribution in [2.45, 2.75) is 13.8 Å². The van der Waals surface area contributed by atoms with E-state index in [0.29, 0.717) is 6.61 Å². The van der Waals surface area contributed by atoms with Crippen molar-refractivity contribution in [3.8, 4) is 5.69 Å². The van der Waals surface area contributed by atoms with Crippen molar-refractivity contribution in [2.75, 3.05) is 12.3 Å². The van der Waals surface area contributed by atoms with Crippen LogP contribution in [0, 0.1) is 6.92 Å². The van der Waals surface area contributed by atoms with Gasteiger partial charge in [-0.15, -0.1) is 0 Å². The molecule has 5 nitrogen and oxygen atoms in total. The third kappa shape index (κ3) is 2.20. The van der Waals surface area contributed by atoms with Gasteiger partial charge in [-0.2, -0.15) is 0 Å². The molecule has 0 unspecified atom stereocenters. The first-order valence-electron chi connectivity index (χ1n) is 5.70. The standard InChI is InChI=1S/C13H15N3O2/c1-3-18-13(17)11-12(14)15-8-16(11)10-6-4-9(2)5-7-10/h4-8H,3,14H2,1-2H3. The van der Waals surface area contributed by atoms with Gasteiger partial charge in [-0.1, -0.05) is 17.7 Å². The van der Waals surface area contributed by atoms with Crippen molar-refractivity contribution in [2.24, 2.45) is 0 Å². The minimum atomic E-state index is -0.465. The molecule has 0 amide bonds. The highest BCUT2D eigenvalue weighted by Crippen LogP contribution is 2.18. The van der Waals surface area contributed by atoms with E-state index in [2.05, 4.69) is 4.98 Å². The molecule has 2 aromatic rings. The van der Waals surface area contributed by atoms with E-state index in [-0.39, 0.29) is 11.5 Å². The van der Waals surface area contributed by atoms with Gasteiger partial charge in [0, 0.05) is 5.69 Å². The molecule has 94 valence electrons. The number of carbonyl (C=O) groups excluding carboxylic acids is 1. The van der Waals surface area contributed by atoms with Gasteiger partial charge in [0.05, 0.1) is 6.61 Å². The number of rotatable bonds is 3. The number of hydrogen-bond acceptors (Lipinski definition) is 4. The van der Waals surface area contributed by atoms with Crippen molar-refractivity contribution < 1.29 is 9.53 Å². The number of aryl methyl sites for hydroxylation is 1. The van der Waals surface area contributed by atoms with Crippen LogP contribution in [-0.2, 0) is 4.74 Å². The van der Waals surface area contributed by atoms with Crippen molar-refractivity contribution in [1.82, 2.24) is 9.55 Å². The zero-order valence-corrected chi connectivity index (χ0v) is 10.4. The molecule has 1 aromatic heterocycles. The number of imidazole rings is 1. The summed E-state index contributed by atoms with van der Waals surface area (Å²) >= 11 is 0. The molecule has 0 atom stereocenters. The topological polar surface area (TPSA) is 70.1 Å². The predicted molar refractivity (Wildman–Crippen MR) is 68.7 cm³/mol. The Hall–Kier alpha value is -2.30. The molecule has 18 heavy (non-hydrogen) atoms. The summed E-state index contributed by atoms with van der Waals surface area (Å²) in [5.74, 6) is -0.290. The van der Waals surface area contributed by atoms with E-state index in [0.717, 1.165) is 11.3 Å². The summed E-state index contributed by atoms with van der Waals surface area (Å²) in [5.41, 5.74) is 7.94. The van der Waals surface area contributed by atoms with E-state index in [4.69, 9.17) is 10.5 Å². The second-order valence-corrected chi connectivity index (χ2v) is 3.90. The first-order chi connectivity index (χ1) is 8.63. The lowest BCUT2D eigenvalue weighted by molar-refractivity contribution is 0.0518. The van der Waals surface area contributed by atoms with Gasteiger partial charge in [0.1, 0.15) is 6.33 Å². The van der Waals surface area contributed by atoms with Crippen LogP contribution in [0.25, 0.3) is 5.69 Å². The summed E-state index contributed by atoms with van der Waals surface area (Å²) in [4.78, 5) is 15.8. The molecule has 0 bridgehead atoms. The fraction of sp³-hybridized carbons (Fsp3) is 0.231. The Balaban J connectivity index is 2.45. The predicted octanol–water partition coefficient (Wildman–Crippen LogP) is 1.94. The average molecular weight is 245 g/mol. The minimum Gasteiger partial charge on any atom is -0.461 e. The average Bonchev–Trinajstić information content (AvgIpc) is 2.72. The van der Waals surface area contributed by atoms with E-state index in [9.17, 15) is 4.79 Å².